The van der Waals surface area contributed by atoms with E-state index in [-0.39, 0.29) is 10.4 Å². The summed E-state index contributed by atoms with van der Waals surface area (Å²) >= 11 is 0. The molecule has 0 aromatic heterocycles. The van der Waals surface area contributed by atoms with E-state index in [0.717, 1.165) is 24.8 Å². The van der Waals surface area contributed by atoms with E-state index in [1.165, 1.54) is 7.11 Å². The van der Waals surface area contributed by atoms with Gasteiger partial charge in [-0.1, -0.05) is 6.07 Å². The van der Waals surface area contributed by atoms with Crippen LogP contribution in [0.2, 0.25) is 0 Å². The Morgan fingerprint density at radius 1 is 1.42 bits per heavy atom. The smallest absolute Gasteiger partial charge is 0.244 e. The second-order valence-corrected chi connectivity index (χ2v) is 6.86. The maximum atomic E-state index is 12.4. The summed E-state index contributed by atoms with van der Waals surface area (Å²) in [5.74, 6) is 0.332. The molecule has 0 unspecified atom stereocenters. The van der Waals surface area contributed by atoms with Crippen molar-refractivity contribution in [3.63, 3.8) is 0 Å². The van der Waals surface area contributed by atoms with Crippen LogP contribution in [0.5, 0.6) is 5.75 Å². The molecule has 0 spiro atoms. The van der Waals surface area contributed by atoms with Crippen LogP contribution >= 0.6 is 0 Å². The van der Waals surface area contributed by atoms with Gasteiger partial charge < -0.3 is 10.5 Å². The summed E-state index contributed by atoms with van der Waals surface area (Å²) in [7, 11) is -2.10. The van der Waals surface area contributed by atoms with Crippen molar-refractivity contribution in [2.75, 3.05) is 7.11 Å². The van der Waals surface area contributed by atoms with E-state index in [9.17, 15) is 8.42 Å². The molecule has 0 atom stereocenters. The quantitative estimate of drug-likeness (QED) is 0.855. The molecule has 1 fully saturated rings. The van der Waals surface area contributed by atoms with Gasteiger partial charge in [-0.3, -0.25) is 0 Å². The van der Waals surface area contributed by atoms with Gasteiger partial charge >= 0.3 is 0 Å². The van der Waals surface area contributed by atoms with Crippen LogP contribution in [-0.2, 0) is 16.6 Å². The van der Waals surface area contributed by atoms with E-state index in [1.807, 2.05) is 6.92 Å². The summed E-state index contributed by atoms with van der Waals surface area (Å²) in [5.41, 5.74) is 6.06. The lowest BCUT2D eigenvalue weighted by Crippen LogP contribution is -2.50. The third-order valence-electron chi connectivity index (χ3n) is 3.59. The molecule has 0 heterocycles. The van der Waals surface area contributed by atoms with Crippen LogP contribution in [0, 0.1) is 0 Å². The third-order valence-corrected chi connectivity index (χ3v) is 5.27. The van der Waals surface area contributed by atoms with Gasteiger partial charge in [-0.05, 0) is 43.9 Å². The predicted molar refractivity (Wildman–Crippen MR) is 73.5 cm³/mol. The number of nitrogens with two attached hydrogens (primary N) is 1. The fourth-order valence-corrected chi connectivity index (χ4v) is 3.87. The minimum atomic E-state index is -3.56. The van der Waals surface area contributed by atoms with Crippen molar-refractivity contribution < 1.29 is 13.2 Å². The Bertz CT molecular complexity index is 565. The Hall–Kier alpha value is -1.11. The summed E-state index contributed by atoms with van der Waals surface area (Å²) in [6, 6.07) is 4.92. The first-order chi connectivity index (χ1) is 8.90. The van der Waals surface area contributed by atoms with Crippen LogP contribution in [0.1, 0.15) is 31.7 Å². The highest BCUT2D eigenvalue weighted by atomic mass is 32.2. The molecule has 2 rings (SSSR count). The summed E-state index contributed by atoms with van der Waals surface area (Å²) in [4.78, 5) is 0.167. The van der Waals surface area contributed by atoms with E-state index < -0.39 is 10.0 Å². The first-order valence-corrected chi connectivity index (χ1v) is 7.79. The molecule has 1 aromatic rings. The van der Waals surface area contributed by atoms with Gasteiger partial charge in [0.2, 0.25) is 10.0 Å². The van der Waals surface area contributed by atoms with Gasteiger partial charge in [-0.2, -0.15) is 0 Å². The molecule has 6 heteroatoms. The second kappa shape index (κ2) is 5.11. The molecule has 1 aliphatic carbocycles. The van der Waals surface area contributed by atoms with Crippen molar-refractivity contribution >= 4 is 10.0 Å². The first kappa shape index (κ1) is 14.3. The Morgan fingerprint density at radius 2 is 2.11 bits per heavy atom. The van der Waals surface area contributed by atoms with Crippen molar-refractivity contribution in [3.05, 3.63) is 23.8 Å². The number of ether oxygens (including phenoxy) is 1. The lowest BCUT2D eigenvalue weighted by atomic mass is 9.80. The van der Waals surface area contributed by atoms with E-state index in [1.54, 1.807) is 18.2 Å². The average molecular weight is 284 g/mol. The lowest BCUT2D eigenvalue weighted by molar-refractivity contribution is 0.247. The van der Waals surface area contributed by atoms with Gasteiger partial charge in [-0.25, -0.2) is 13.1 Å². The zero-order valence-corrected chi connectivity index (χ0v) is 12.1. The minimum absolute atomic E-state index is 0.167. The molecule has 1 saturated carbocycles. The average Bonchev–Trinajstić information content (AvgIpc) is 2.35. The normalized spacial score (nSPS) is 17.8. The number of rotatable bonds is 5. The molecule has 0 amide bonds. The molecule has 0 bridgehead atoms. The predicted octanol–water partition coefficient (Wildman–Crippen LogP) is 1.37. The maximum absolute atomic E-state index is 12.4. The zero-order chi connectivity index (χ0) is 14.1. The summed E-state index contributed by atoms with van der Waals surface area (Å²) in [5, 5.41) is 0. The van der Waals surface area contributed by atoms with Crippen molar-refractivity contribution in [1.82, 2.24) is 4.72 Å². The molecule has 0 saturated heterocycles. The van der Waals surface area contributed by atoms with Crippen LogP contribution in [0.25, 0.3) is 0 Å². The SMILES string of the molecule is COc1cc(CN)ccc1S(=O)(=O)NC1(C)CCC1. The molecule has 0 radical (unpaired) electrons. The lowest BCUT2D eigenvalue weighted by Gasteiger charge is -2.38. The fourth-order valence-electron chi connectivity index (χ4n) is 2.25. The van der Waals surface area contributed by atoms with Crippen LogP contribution in [0.15, 0.2) is 23.1 Å². The number of hydrogen-bond acceptors (Lipinski definition) is 4. The Kier molecular flexibility index (Phi) is 3.85. The Labute approximate surface area is 114 Å². The topological polar surface area (TPSA) is 81.4 Å². The van der Waals surface area contributed by atoms with Gasteiger partial charge in [-0.15, -0.1) is 0 Å². The summed E-state index contributed by atoms with van der Waals surface area (Å²) < 4.78 is 32.7. The molecule has 3 N–H and O–H groups in total. The first-order valence-electron chi connectivity index (χ1n) is 6.31. The monoisotopic (exact) mass is 284 g/mol. The fraction of sp³-hybridized carbons (Fsp3) is 0.538. The highest BCUT2D eigenvalue weighted by Crippen LogP contribution is 2.34. The zero-order valence-electron chi connectivity index (χ0n) is 11.3. The molecular weight excluding hydrogens is 264 g/mol. The number of benzene rings is 1. The van der Waals surface area contributed by atoms with E-state index in [4.69, 9.17) is 10.5 Å². The maximum Gasteiger partial charge on any atom is 0.244 e. The largest absolute Gasteiger partial charge is 0.495 e. The summed E-state index contributed by atoms with van der Waals surface area (Å²) in [6.45, 7) is 2.27. The van der Waals surface area contributed by atoms with Gasteiger partial charge in [0.05, 0.1) is 7.11 Å². The highest BCUT2D eigenvalue weighted by molar-refractivity contribution is 7.89. The van der Waals surface area contributed by atoms with Crippen LogP contribution in [-0.4, -0.2) is 21.1 Å². The number of methoxy groups -OCH3 is 1. The molecule has 106 valence electrons. The second-order valence-electron chi connectivity index (χ2n) is 5.21. The van der Waals surface area contributed by atoms with Crippen molar-refractivity contribution in [2.24, 2.45) is 5.73 Å². The van der Waals surface area contributed by atoms with E-state index in [2.05, 4.69) is 4.72 Å². The van der Waals surface area contributed by atoms with Gasteiger partial charge in [0.25, 0.3) is 0 Å². The number of sulfonamides is 1. The third kappa shape index (κ3) is 2.91. The number of hydrogen-bond donors (Lipinski definition) is 2. The van der Waals surface area contributed by atoms with Gasteiger partial charge in [0.1, 0.15) is 10.6 Å². The van der Waals surface area contributed by atoms with Gasteiger partial charge in [0.15, 0.2) is 0 Å². The molecule has 1 aromatic carbocycles. The minimum Gasteiger partial charge on any atom is -0.495 e. The van der Waals surface area contributed by atoms with E-state index in [0.29, 0.717) is 12.3 Å². The van der Waals surface area contributed by atoms with Crippen molar-refractivity contribution in [2.45, 2.75) is 43.2 Å². The Morgan fingerprint density at radius 3 is 2.58 bits per heavy atom. The molecular formula is C13H20N2O3S. The van der Waals surface area contributed by atoms with Crippen LogP contribution in [0.3, 0.4) is 0 Å². The van der Waals surface area contributed by atoms with Crippen LogP contribution in [0.4, 0.5) is 0 Å². The number of nitrogens with one attached hydrogen (secondary N) is 1. The van der Waals surface area contributed by atoms with E-state index >= 15 is 0 Å². The summed E-state index contributed by atoms with van der Waals surface area (Å²) in [6.07, 6.45) is 2.80. The van der Waals surface area contributed by atoms with Crippen molar-refractivity contribution in [1.29, 1.82) is 0 Å². The molecule has 19 heavy (non-hydrogen) atoms. The highest BCUT2D eigenvalue weighted by Gasteiger charge is 2.37. The van der Waals surface area contributed by atoms with Crippen molar-refractivity contribution in [3.8, 4) is 5.75 Å². The molecule has 1 aliphatic rings. The van der Waals surface area contributed by atoms with Crippen LogP contribution < -0.4 is 15.2 Å². The molecule has 5 nitrogen and oxygen atoms in total. The standard InChI is InChI=1S/C13H20N2O3S/c1-13(6-3-7-13)15-19(16,17)12-5-4-10(9-14)8-11(12)18-2/h4-5,8,15H,3,6-7,9,14H2,1-2H3. The van der Waals surface area contributed by atoms with Gasteiger partial charge in [0, 0.05) is 12.1 Å². The Balaban J connectivity index is 2.34. The molecule has 0 aliphatic heterocycles.